The van der Waals surface area contributed by atoms with Gasteiger partial charge in [0.05, 0.1) is 44.7 Å². The molecule has 7 heteroatoms. The fraction of sp³-hybridized carbons (Fsp3) is 0.222. The van der Waals surface area contributed by atoms with Crippen LogP contribution in [0.5, 0.6) is 17.2 Å². The Labute approximate surface area is 198 Å². The summed E-state index contributed by atoms with van der Waals surface area (Å²) in [6.07, 6.45) is 5.06. The number of pyridine rings is 2. The first-order valence-electron chi connectivity index (χ1n) is 10.9. The number of hydrogen-bond acceptors (Lipinski definition) is 7. The van der Waals surface area contributed by atoms with E-state index in [2.05, 4.69) is 4.98 Å². The molecule has 0 N–H and O–H groups in total. The monoisotopic (exact) mass is 458 g/mol. The van der Waals surface area contributed by atoms with Gasteiger partial charge in [0.15, 0.2) is 11.5 Å². The Kier molecular flexibility index (Phi) is 7.22. The summed E-state index contributed by atoms with van der Waals surface area (Å²) in [5.41, 5.74) is 3.58. The molecule has 0 spiro atoms. The van der Waals surface area contributed by atoms with Gasteiger partial charge in [-0.3, -0.25) is 4.98 Å². The quantitative estimate of drug-likeness (QED) is 0.255. The van der Waals surface area contributed by atoms with E-state index in [1.165, 1.54) is 0 Å². The van der Waals surface area contributed by atoms with Gasteiger partial charge >= 0.3 is 5.97 Å². The van der Waals surface area contributed by atoms with Crippen LogP contribution < -0.4 is 14.2 Å². The summed E-state index contributed by atoms with van der Waals surface area (Å²) in [7, 11) is 4.67. The number of carbonyl (C=O) groups excluding carboxylic acids is 1. The molecule has 7 nitrogen and oxygen atoms in total. The predicted octanol–water partition coefficient (Wildman–Crippen LogP) is 5.11. The van der Waals surface area contributed by atoms with Crippen LogP contribution in [0, 0.1) is 0 Å². The van der Waals surface area contributed by atoms with Gasteiger partial charge in [-0.15, -0.1) is 0 Å². The first-order chi connectivity index (χ1) is 16.6. The van der Waals surface area contributed by atoms with Gasteiger partial charge in [0.2, 0.25) is 5.75 Å². The minimum atomic E-state index is -0.390. The molecule has 4 aromatic rings. The molecule has 0 atom stereocenters. The molecular formula is C27H26N2O5. The van der Waals surface area contributed by atoms with E-state index in [1.54, 1.807) is 33.6 Å². The fourth-order valence-corrected chi connectivity index (χ4v) is 3.79. The van der Waals surface area contributed by atoms with Crippen LogP contribution in [0.1, 0.15) is 22.3 Å². The number of para-hydroxylation sites is 1. The Morgan fingerprint density at radius 1 is 0.912 bits per heavy atom. The Bertz CT molecular complexity index is 1270. The van der Waals surface area contributed by atoms with Crippen LogP contribution in [0.4, 0.5) is 0 Å². The number of aryl methyl sites for hydroxylation is 1. The second kappa shape index (κ2) is 10.7. The van der Waals surface area contributed by atoms with Crippen molar-refractivity contribution in [2.24, 2.45) is 0 Å². The molecule has 0 saturated carbocycles. The Morgan fingerprint density at radius 2 is 1.68 bits per heavy atom. The van der Waals surface area contributed by atoms with Crippen LogP contribution in [0.15, 0.2) is 67.0 Å². The number of benzene rings is 2. The highest BCUT2D eigenvalue weighted by molar-refractivity contribution is 6.04. The molecule has 0 amide bonds. The second-order valence-corrected chi connectivity index (χ2v) is 7.59. The zero-order chi connectivity index (χ0) is 23.9. The highest BCUT2D eigenvalue weighted by Gasteiger charge is 2.19. The zero-order valence-corrected chi connectivity index (χ0v) is 19.4. The smallest absolute Gasteiger partial charge is 0.338 e. The van der Waals surface area contributed by atoms with E-state index >= 15 is 0 Å². The third kappa shape index (κ3) is 4.93. The number of rotatable bonds is 9. The number of nitrogens with zero attached hydrogens (tertiary/aromatic N) is 2. The summed E-state index contributed by atoms with van der Waals surface area (Å²) in [6.45, 7) is 0.309. The van der Waals surface area contributed by atoms with E-state index in [0.29, 0.717) is 47.1 Å². The lowest BCUT2D eigenvalue weighted by molar-refractivity contribution is 0.0503. The summed E-state index contributed by atoms with van der Waals surface area (Å²) < 4.78 is 22.0. The number of aromatic nitrogens is 2. The van der Waals surface area contributed by atoms with Crippen LogP contribution in [0.2, 0.25) is 0 Å². The first-order valence-corrected chi connectivity index (χ1v) is 10.9. The van der Waals surface area contributed by atoms with Crippen molar-refractivity contribution in [2.75, 3.05) is 27.9 Å². The minimum absolute atomic E-state index is 0.309. The van der Waals surface area contributed by atoms with Crippen LogP contribution >= 0.6 is 0 Å². The molecule has 2 heterocycles. The largest absolute Gasteiger partial charge is 0.493 e. The van der Waals surface area contributed by atoms with Gasteiger partial charge in [-0.2, -0.15) is 0 Å². The third-order valence-electron chi connectivity index (χ3n) is 5.46. The Balaban J connectivity index is 1.64. The van der Waals surface area contributed by atoms with Crippen molar-refractivity contribution in [1.82, 2.24) is 9.97 Å². The van der Waals surface area contributed by atoms with Gasteiger partial charge in [0.1, 0.15) is 0 Å². The summed E-state index contributed by atoms with van der Waals surface area (Å²) in [5.74, 6) is 1.11. The SMILES string of the molecule is COc1cc(-c2cc(C(=O)OCCCc3cccnc3)c3ccccc3n2)cc(OC)c1OC. The minimum Gasteiger partial charge on any atom is -0.493 e. The third-order valence-corrected chi connectivity index (χ3v) is 5.46. The summed E-state index contributed by atoms with van der Waals surface area (Å²) in [4.78, 5) is 21.9. The summed E-state index contributed by atoms with van der Waals surface area (Å²) in [6, 6.07) is 16.8. The van der Waals surface area contributed by atoms with Crippen molar-refractivity contribution in [1.29, 1.82) is 0 Å². The molecule has 0 aliphatic heterocycles. The van der Waals surface area contributed by atoms with Crippen LogP contribution in [0.3, 0.4) is 0 Å². The lowest BCUT2D eigenvalue weighted by Crippen LogP contribution is -2.09. The maximum atomic E-state index is 13.1. The molecule has 34 heavy (non-hydrogen) atoms. The molecule has 0 aliphatic carbocycles. The van der Waals surface area contributed by atoms with Gasteiger partial charge in [-0.05, 0) is 48.7 Å². The molecule has 0 saturated heterocycles. The molecule has 0 aliphatic rings. The Hall–Kier alpha value is -4.13. The topological polar surface area (TPSA) is 79.8 Å². The summed E-state index contributed by atoms with van der Waals surface area (Å²) in [5, 5.41) is 0.732. The van der Waals surface area contributed by atoms with E-state index in [0.717, 1.165) is 22.9 Å². The van der Waals surface area contributed by atoms with Crippen molar-refractivity contribution < 1.29 is 23.7 Å². The lowest BCUT2D eigenvalue weighted by Gasteiger charge is -2.15. The molecular weight excluding hydrogens is 432 g/mol. The van der Waals surface area contributed by atoms with Crippen LogP contribution in [-0.2, 0) is 11.2 Å². The number of esters is 1. The number of fused-ring (bicyclic) bond motifs is 1. The van der Waals surface area contributed by atoms with Crippen LogP contribution in [0.25, 0.3) is 22.2 Å². The zero-order valence-electron chi connectivity index (χ0n) is 19.4. The van der Waals surface area contributed by atoms with Crippen molar-refractivity contribution in [3.8, 4) is 28.5 Å². The maximum absolute atomic E-state index is 13.1. The standard InChI is InChI=1S/C27H26N2O5/c1-31-24-14-19(15-25(32-2)26(24)33-3)23-16-21(20-10-4-5-11-22(20)29-23)27(30)34-13-7-9-18-8-6-12-28-17-18/h4-6,8,10-12,14-17H,7,9,13H2,1-3H3. The average molecular weight is 459 g/mol. The van der Waals surface area contributed by atoms with Gasteiger partial charge in [-0.1, -0.05) is 24.3 Å². The van der Waals surface area contributed by atoms with E-state index < -0.39 is 5.97 Å². The molecule has 174 valence electrons. The van der Waals surface area contributed by atoms with Crippen molar-refractivity contribution in [3.63, 3.8) is 0 Å². The molecule has 2 aromatic heterocycles. The first kappa shape index (κ1) is 23.0. The van der Waals surface area contributed by atoms with Crippen molar-refractivity contribution in [3.05, 3.63) is 78.1 Å². The number of ether oxygens (including phenoxy) is 4. The molecule has 4 rings (SSSR count). The number of carbonyl (C=O) groups is 1. The highest BCUT2D eigenvalue weighted by Crippen LogP contribution is 2.41. The van der Waals surface area contributed by atoms with Gasteiger partial charge < -0.3 is 18.9 Å². The van der Waals surface area contributed by atoms with E-state index in [-0.39, 0.29) is 0 Å². The van der Waals surface area contributed by atoms with Crippen molar-refractivity contribution >= 4 is 16.9 Å². The molecule has 0 bridgehead atoms. The fourth-order valence-electron chi connectivity index (χ4n) is 3.79. The Morgan fingerprint density at radius 3 is 2.35 bits per heavy atom. The lowest BCUT2D eigenvalue weighted by atomic mass is 10.0. The number of hydrogen-bond donors (Lipinski definition) is 0. The second-order valence-electron chi connectivity index (χ2n) is 7.59. The number of methoxy groups -OCH3 is 3. The average Bonchev–Trinajstić information content (AvgIpc) is 2.89. The van der Waals surface area contributed by atoms with E-state index in [9.17, 15) is 4.79 Å². The molecule has 0 unspecified atom stereocenters. The molecule has 0 radical (unpaired) electrons. The van der Waals surface area contributed by atoms with Gasteiger partial charge in [0.25, 0.3) is 0 Å². The van der Waals surface area contributed by atoms with E-state index in [4.69, 9.17) is 23.9 Å². The maximum Gasteiger partial charge on any atom is 0.338 e. The highest BCUT2D eigenvalue weighted by atomic mass is 16.5. The normalized spacial score (nSPS) is 10.7. The van der Waals surface area contributed by atoms with Crippen molar-refractivity contribution in [2.45, 2.75) is 12.8 Å². The summed E-state index contributed by atoms with van der Waals surface area (Å²) >= 11 is 0. The van der Waals surface area contributed by atoms with Crippen LogP contribution in [-0.4, -0.2) is 43.9 Å². The predicted molar refractivity (Wildman–Crippen MR) is 130 cm³/mol. The molecule has 2 aromatic carbocycles. The van der Waals surface area contributed by atoms with Gasteiger partial charge in [-0.25, -0.2) is 9.78 Å². The molecule has 0 fully saturated rings. The van der Waals surface area contributed by atoms with E-state index in [1.807, 2.05) is 54.7 Å². The van der Waals surface area contributed by atoms with Gasteiger partial charge in [0, 0.05) is 23.3 Å².